The van der Waals surface area contributed by atoms with Gasteiger partial charge in [0.25, 0.3) is 0 Å². The number of phosphoric acid groups is 2. The summed E-state index contributed by atoms with van der Waals surface area (Å²) in [5.41, 5.74) is 0. The highest BCUT2D eigenvalue weighted by Gasteiger charge is 2.30. The number of ether oxygens (including phenoxy) is 4. The molecule has 6 atom stereocenters. The van der Waals surface area contributed by atoms with Crippen molar-refractivity contribution in [3.05, 3.63) is 0 Å². The van der Waals surface area contributed by atoms with Gasteiger partial charge in [-0.2, -0.15) is 0 Å². The van der Waals surface area contributed by atoms with Crippen molar-refractivity contribution in [1.29, 1.82) is 0 Å². The Morgan fingerprint density at radius 3 is 0.717 bits per heavy atom. The van der Waals surface area contributed by atoms with Gasteiger partial charge in [-0.05, 0) is 49.4 Å². The van der Waals surface area contributed by atoms with E-state index in [1.807, 2.05) is 0 Å². The number of unbranched alkanes of at least 4 members (excludes halogenated alkanes) is 42. The zero-order valence-electron chi connectivity index (χ0n) is 65.1. The van der Waals surface area contributed by atoms with E-state index in [-0.39, 0.29) is 25.7 Å². The first-order valence-corrected chi connectivity index (χ1v) is 44.2. The molecule has 0 saturated heterocycles. The number of carbonyl (C=O) groups is 4. The lowest BCUT2D eigenvalue weighted by molar-refractivity contribution is -0.161. The number of aliphatic hydroxyl groups is 1. The van der Waals surface area contributed by atoms with Crippen molar-refractivity contribution < 1.29 is 80.2 Å². The molecule has 0 aromatic heterocycles. The van der Waals surface area contributed by atoms with Gasteiger partial charge in [0.2, 0.25) is 0 Å². The van der Waals surface area contributed by atoms with Crippen molar-refractivity contribution in [2.75, 3.05) is 39.6 Å². The van der Waals surface area contributed by atoms with Gasteiger partial charge in [-0.25, -0.2) is 9.13 Å². The van der Waals surface area contributed by atoms with Crippen LogP contribution in [0.2, 0.25) is 0 Å². The van der Waals surface area contributed by atoms with Crippen LogP contribution in [-0.2, 0) is 65.4 Å². The van der Waals surface area contributed by atoms with E-state index in [9.17, 15) is 43.2 Å². The summed E-state index contributed by atoms with van der Waals surface area (Å²) < 4.78 is 68.7. The zero-order valence-corrected chi connectivity index (χ0v) is 66.9. The number of aliphatic hydroxyl groups excluding tert-OH is 1. The van der Waals surface area contributed by atoms with Gasteiger partial charge < -0.3 is 33.8 Å². The van der Waals surface area contributed by atoms with Crippen LogP contribution in [-0.4, -0.2) is 96.7 Å². The second kappa shape index (κ2) is 69.1. The Kier molecular flexibility index (Phi) is 67.8. The maximum atomic E-state index is 13.1. The number of rotatable bonds is 77. The Labute approximate surface area is 607 Å². The summed E-state index contributed by atoms with van der Waals surface area (Å²) in [6, 6.07) is 0. The van der Waals surface area contributed by atoms with Gasteiger partial charge in [-0.1, -0.05) is 357 Å². The summed E-state index contributed by atoms with van der Waals surface area (Å²) in [4.78, 5) is 73.0. The van der Waals surface area contributed by atoms with Crippen molar-refractivity contribution in [2.24, 2.45) is 23.7 Å². The molecule has 3 N–H and O–H groups in total. The summed E-state index contributed by atoms with van der Waals surface area (Å²) in [5, 5.41) is 10.6. The highest BCUT2D eigenvalue weighted by Crippen LogP contribution is 2.45. The van der Waals surface area contributed by atoms with E-state index in [1.165, 1.54) is 212 Å². The lowest BCUT2D eigenvalue weighted by Crippen LogP contribution is -2.30. The first-order valence-electron chi connectivity index (χ1n) is 41.2. The molecule has 0 aromatic carbocycles. The molecule has 0 saturated carbocycles. The average molecular weight is 1450 g/mol. The molecule has 99 heavy (non-hydrogen) atoms. The van der Waals surface area contributed by atoms with Crippen molar-refractivity contribution in [1.82, 2.24) is 0 Å². The Hall–Kier alpha value is -1.94. The van der Waals surface area contributed by atoms with Gasteiger partial charge in [-0.3, -0.25) is 37.3 Å². The highest BCUT2D eigenvalue weighted by atomic mass is 31.2. The highest BCUT2D eigenvalue weighted by molar-refractivity contribution is 7.47. The summed E-state index contributed by atoms with van der Waals surface area (Å²) in [5.74, 6) is 1.02. The van der Waals surface area contributed by atoms with E-state index in [1.54, 1.807) is 0 Å². The molecule has 0 aliphatic rings. The van der Waals surface area contributed by atoms with E-state index >= 15 is 0 Å². The minimum atomic E-state index is -4.96. The number of esters is 4. The molecule has 0 bridgehead atoms. The van der Waals surface area contributed by atoms with E-state index < -0.39 is 97.5 Å². The molecular weight excluding hydrogens is 1290 g/mol. The standard InChI is InChI=1S/C80H156O17P2/c1-9-73(8)59-51-43-35-27-17-12-10-11-13-19-30-38-46-54-62-79(84)96-75(66-90-77(82)60-52-44-36-28-18-15-14-16-24-32-40-48-56-70(2)3)68-94-98(86,87)92-64-74(81)65-93-99(88,89)95-69-76(97-80(85)63-55-47-39-31-23-21-26-34-42-50-58-72(6)7)67-91-78(83)61-53-45-37-29-22-20-25-33-41-49-57-71(4)5/h70-76,81H,9-69H2,1-8H3,(H,86,87)(H,88,89)/t73?,74-,75-,76-/m1/s1. The molecule has 588 valence electrons. The fraction of sp³-hybridized carbons (Fsp3) is 0.950. The summed E-state index contributed by atoms with van der Waals surface area (Å²) >= 11 is 0. The largest absolute Gasteiger partial charge is 0.472 e. The minimum absolute atomic E-state index is 0.105. The van der Waals surface area contributed by atoms with Crippen LogP contribution in [0.5, 0.6) is 0 Å². The van der Waals surface area contributed by atoms with Gasteiger partial charge in [0.1, 0.15) is 19.3 Å². The smallest absolute Gasteiger partial charge is 0.462 e. The second-order valence-electron chi connectivity index (χ2n) is 30.5. The van der Waals surface area contributed by atoms with Crippen molar-refractivity contribution in [3.63, 3.8) is 0 Å². The van der Waals surface area contributed by atoms with Crippen LogP contribution >= 0.6 is 15.6 Å². The third-order valence-corrected chi connectivity index (χ3v) is 20.8. The van der Waals surface area contributed by atoms with Crippen molar-refractivity contribution in [3.8, 4) is 0 Å². The topological polar surface area (TPSA) is 237 Å². The fourth-order valence-electron chi connectivity index (χ4n) is 12.2. The van der Waals surface area contributed by atoms with Gasteiger partial charge in [0.15, 0.2) is 12.2 Å². The fourth-order valence-corrected chi connectivity index (χ4v) is 13.8. The van der Waals surface area contributed by atoms with E-state index in [2.05, 4.69) is 55.4 Å². The molecule has 0 aliphatic carbocycles. The molecule has 0 radical (unpaired) electrons. The second-order valence-corrected chi connectivity index (χ2v) is 33.4. The first-order chi connectivity index (χ1) is 47.6. The van der Waals surface area contributed by atoms with Crippen molar-refractivity contribution >= 4 is 39.5 Å². The Morgan fingerprint density at radius 1 is 0.283 bits per heavy atom. The minimum Gasteiger partial charge on any atom is -0.462 e. The normalized spacial score (nSPS) is 14.3. The third kappa shape index (κ3) is 72.8. The number of phosphoric ester groups is 2. The van der Waals surface area contributed by atoms with E-state index in [4.69, 9.17) is 37.0 Å². The molecule has 0 fully saturated rings. The molecule has 3 unspecified atom stereocenters. The van der Waals surface area contributed by atoms with Crippen LogP contribution in [0.15, 0.2) is 0 Å². The number of hydrogen-bond acceptors (Lipinski definition) is 15. The molecular formula is C80H156O17P2. The number of hydrogen-bond donors (Lipinski definition) is 3. The van der Waals surface area contributed by atoms with Crippen LogP contribution in [0.3, 0.4) is 0 Å². The van der Waals surface area contributed by atoms with Crippen LogP contribution in [0.1, 0.15) is 409 Å². The maximum Gasteiger partial charge on any atom is 0.472 e. The Bertz CT molecular complexity index is 1940. The lowest BCUT2D eigenvalue weighted by Gasteiger charge is -2.21. The van der Waals surface area contributed by atoms with Crippen molar-refractivity contribution in [2.45, 2.75) is 427 Å². The SMILES string of the molecule is CCC(C)CCCCCCCCCCCCCCCCC(=O)O[C@H](COC(=O)CCCCCCCCCCCCCCC(C)C)COP(=O)(O)OC[C@@H](O)COP(=O)(O)OC[C@@H](COC(=O)CCCCCCCCCCCCC(C)C)OC(=O)CCCCCCCCCCCCC(C)C. The summed E-state index contributed by atoms with van der Waals surface area (Å²) in [7, 11) is -9.92. The molecule has 0 heterocycles. The molecule has 0 aliphatic heterocycles. The molecule has 0 aromatic rings. The monoisotopic (exact) mass is 1450 g/mol. The molecule has 0 spiro atoms. The molecule has 17 nitrogen and oxygen atoms in total. The van der Waals surface area contributed by atoms with Gasteiger partial charge >= 0.3 is 39.5 Å². The van der Waals surface area contributed by atoms with Gasteiger partial charge in [0.05, 0.1) is 26.4 Å². The van der Waals surface area contributed by atoms with Crippen LogP contribution < -0.4 is 0 Å². The molecule has 0 amide bonds. The quantitative estimate of drug-likeness (QED) is 0.0222. The van der Waals surface area contributed by atoms with Crippen LogP contribution in [0.25, 0.3) is 0 Å². The predicted octanol–water partition coefficient (Wildman–Crippen LogP) is 23.6. The lowest BCUT2D eigenvalue weighted by atomic mass is 9.99. The van der Waals surface area contributed by atoms with Gasteiger partial charge in [0, 0.05) is 25.7 Å². The third-order valence-electron chi connectivity index (χ3n) is 18.9. The van der Waals surface area contributed by atoms with Gasteiger partial charge in [-0.15, -0.1) is 0 Å². The Morgan fingerprint density at radius 2 is 0.485 bits per heavy atom. The molecule has 19 heteroatoms. The van der Waals surface area contributed by atoms with Crippen LogP contribution in [0.4, 0.5) is 0 Å². The van der Waals surface area contributed by atoms with E-state index in [0.29, 0.717) is 25.7 Å². The summed E-state index contributed by atoms with van der Waals surface area (Å²) in [6.45, 7) is 14.3. The number of carbonyl (C=O) groups excluding carboxylic acids is 4. The first kappa shape index (κ1) is 97.1. The predicted molar refractivity (Wildman–Crippen MR) is 404 cm³/mol. The van der Waals surface area contributed by atoms with E-state index in [0.717, 1.165) is 114 Å². The average Bonchev–Trinajstić information content (AvgIpc) is 0.959. The molecule has 0 rings (SSSR count). The Balaban J connectivity index is 5.27. The summed E-state index contributed by atoms with van der Waals surface area (Å²) in [6.07, 6.45) is 55.3. The maximum absolute atomic E-state index is 13.1. The zero-order chi connectivity index (χ0) is 73.1. The van der Waals surface area contributed by atoms with Crippen LogP contribution in [0, 0.1) is 23.7 Å².